The van der Waals surface area contributed by atoms with Gasteiger partial charge in [-0.2, -0.15) is 13.2 Å². The molecule has 202 valence electrons. The molecule has 0 saturated carbocycles. The van der Waals surface area contributed by atoms with E-state index in [1.807, 2.05) is 6.92 Å². The second-order valence-electron chi connectivity index (χ2n) is 9.43. The quantitative estimate of drug-likeness (QED) is 0.318. The number of aryl methyl sites for hydroxylation is 1. The molecule has 0 unspecified atom stereocenters. The van der Waals surface area contributed by atoms with Crippen molar-refractivity contribution in [3.63, 3.8) is 0 Å². The Balaban J connectivity index is 1.65. The zero-order chi connectivity index (χ0) is 28.1. The molecule has 1 aromatic heterocycles. The van der Waals surface area contributed by atoms with E-state index in [0.29, 0.717) is 17.1 Å². The summed E-state index contributed by atoms with van der Waals surface area (Å²) in [7, 11) is 0. The molecule has 3 rings (SSSR count). The molecular weight excluding hydrogens is 501 g/mol. The van der Waals surface area contributed by atoms with Crippen molar-refractivity contribution in [2.24, 2.45) is 5.73 Å². The van der Waals surface area contributed by atoms with Crippen LogP contribution in [0.5, 0.6) is 0 Å². The second kappa shape index (κ2) is 11.5. The zero-order valence-corrected chi connectivity index (χ0v) is 21.4. The van der Waals surface area contributed by atoms with Crippen molar-refractivity contribution in [3.8, 4) is 0 Å². The summed E-state index contributed by atoms with van der Waals surface area (Å²) in [6.07, 6.45) is -2.38. The first kappa shape index (κ1) is 28.4. The Morgan fingerprint density at radius 3 is 2.34 bits per heavy atom. The number of nitrogens with two attached hydrogens (primary N) is 1. The molecule has 12 heteroatoms. The normalized spacial score (nSPS) is 11.6. The maximum absolute atomic E-state index is 13.3. The topological polar surface area (TPSA) is 131 Å². The molecule has 0 spiro atoms. The van der Waals surface area contributed by atoms with Crippen LogP contribution in [0, 0.1) is 6.92 Å². The smallest absolute Gasteiger partial charge is 0.416 e. The van der Waals surface area contributed by atoms with Crippen molar-refractivity contribution in [1.29, 1.82) is 0 Å². The number of carbonyl (C=O) groups is 2. The molecule has 0 aliphatic carbocycles. The largest absolute Gasteiger partial charge is 0.444 e. The number of nitrogens with one attached hydrogen (secondary N) is 3. The van der Waals surface area contributed by atoms with Crippen molar-refractivity contribution >= 4 is 29.2 Å². The summed E-state index contributed by atoms with van der Waals surface area (Å²) in [6.45, 7) is 7.09. The number of carbonyl (C=O) groups excluding carboxylic acids is 2. The Hall–Kier alpha value is -4.19. The number of ether oxygens (including phenoxy) is 1. The number of anilines is 3. The van der Waals surface area contributed by atoms with E-state index in [9.17, 15) is 22.8 Å². The lowest BCUT2D eigenvalue weighted by Gasteiger charge is -2.19. The van der Waals surface area contributed by atoms with Crippen LogP contribution in [0.2, 0.25) is 0 Å². The van der Waals surface area contributed by atoms with E-state index >= 15 is 0 Å². The van der Waals surface area contributed by atoms with E-state index in [1.54, 1.807) is 39.0 Å². The number of nitrogens with zero attached hydrogens (tertiary/aromatic N) is 2. The van der Waals surface area contributed by atoms with Crippen LogP contribution in [-0.2, 0) is 24.0 Å². The van der Waals surface area contributed by atoms with E-state index in [1.165, 1.54) is 24.5 Å². The van der Waals surface area contributed by atoms with Crippen LogP contribution in [0.15, 0.2) is 48.8 Å². The van der Waals surface area contributed by atoms with Crippen molar-refractivity contribution < 1.29 is 27.5 Å². The van der Waals surface area contributed by atoms with Gasteiger partial charge in [-0.3, -0.25) is 15.1 Å². The first-order valence-corrected chi connectivity index (χ1v) is 11.6. The molecule has 38 heavy (non-hydrogen) atoms. The minimum absolute atomic E-state index is 0.0902. The lowest BCUT2D eigenvalue weighted by Crippen LogP contribution is -2.27. The van der Waals surface area contributed by atoms with Crippen LogP contribution < -0.4 is 21.7 Å². The maximum Gasteiger partial charge on any atom is 0.416 e. The first-order valence-electron chi connectivity index (χ1n) is 11.6. The SMILES string of the molecule is Cc1ccc(NC(=O)c2ccc(CN)c(C(F)(F)F)c2)cc1NCc1cnc(NC(=O)OC(C)(C)C)cn1. The molecule has 0 fully saturated rings. The van der Waals surface area contributed by atoms with Gasteiger partial charge in [0.1, 0.15) is 5.60 Å². The van der Waals surface area contributed by atoms with Gasteiger partial charge in [0, 0.05) is 23.5 Å². The molecule has 0 atom stereocenters. The van der Waals surface area contributed by atoms with Gasteiger partial charge in [0.05, 0.1) is 30.2 Å². The highest BCUT2D eigenvalue weighted by molar-refractivity contribution is 6.04. The van der Waals surface area contributed by atoms with E-state index in [4.69, 9.17) is 10.5 Å². The van der Waals surface area contributed by atoms with Crippen LogP contribution >= 0.6 is 0 Å². The van der Waals surface area contributed by atoms with Gasteiger partial charge in [-0.05, 0) is 63.1 Å². The molecular formula is C26H29F3N6O3. The van der Waals surface area contributed by atoms with E-state index < -0.39 is 29.3 Å². The fraction of sp³-hybridized carbons (Fsp3) is 0.308. The van der Waals surface area contributed by atoms with E-state index in [2.05, 4.69) is 25.9 Å². The molecule has 0 bridgehead atoms. The summed E-state index contributed by atoms with van der Waals surface area (Å²) in [5.41, 5.74) is 6.11. The van der Waals surface area contributed by atoms with Crippen molar-refractivity contribution in [2.75, 3.05) is 16.0 Å². The van der Waals surface area contributed by atoms with Crippen LogP contribution in [-0.4, -0.2) is 27.6 Å². The van der Waals surface area contributed by atoms with Gasteiger partial charge < -0.3 is 21.1 Å². The fourth-order valence-electron chi connectivity index (χ4n) is 3.36. The number of amides is 2. The van der Waals surface area contributed by atoms with Crippen LogP contribution in [0.25, 0.3) is 0 Å². The second-order valence-corrected chi connectivity index (χ2v) is 9.43. The molecule has 0 saturated heterocycles. The lowest BCUT2D eigenvalue weighted by molar-refractivity contribution is -0.138. The predicted molar refractivity (Wildman–Crippen MR) is 138 cm³/mol. The third-order valence-electron chi connectivity index (χ3n) is 5.19. The van der Waals surface area contributed by atoms with Crippen molar-refractivity contribution in [1.82, 2.24) is 9.97 Å². The summed E-state index contributed by atoms with van der Waals surface area (Å²) >= 11 is 0. The number of benzene rings is 2. The third-order valence-corrected chi connectivity index (χ3v) is 5.19. The Bertz CT molecular complexity index is 1310. The summed E-state index contributed by atoms with van der Waals surface area (Å²) < 4.78 is 45.2. The number of alkyl halides is 3. The minimum atomic E-state index is -4.63. The van der Waals surface area contributed by atoms with Crippen LogP contribution in [0.4, 0.5) is 35.2 Å². The maximum atomic E-state index is 13.3. The molecule has 2 aromatic carbocycles. The number of aromatic nitrogens is 2. The Labute approximate surface area is 218 Å². The van der Waals surface area contributed by atoms with Gasteiger partial charge in [0.15, 0.2) is 5.82 Å². The number of halogens is 3. The number of hydrogen-bond acceptors (Lipinski definition) is 7. The lowest BCUT2D eigenvalue weighted by atomic mass is 10.0. The van der Waals surface area contributed by atoms with E-state index in [0.717, 1.165) is 11.6 Å². The Morgan fingerprint density at radius 2 is 1.74 bits per heavy atom. The summed E-state index contributed by atoms with van der Waals surface area (Å²) in [6, 6.07) is 8.38. The highest BCUT2D eigenvalue weighted by atomic mass is 19.4. The average Bonchev–Trinajstić information content (AvgIpc) is 2.83. The Kier molecular flexibility index (Phi) is 8.56. The van der Waals surface area contributed by atoms with E-state index in [-0.39, 0.29) is 30.0 Å². The monoisotopic (exact) mass is 530 g/mol. The molecule has 3 aromatic rings. The predicted octanol–water partition coefficient (Wildman–Crippen LogP) is 5.47. The molecule has 0 radical (unpaired) electrons. The van der Waals surface area contributed by atoms with Crippen molar-refractivity contribution in [2.45, 2.75) is 52.6 Å². The molecule has 1 heterocycles. The van der Waals surface area contributed by atoms with Gasteiger partial charge >= 0.3 is 12.3 Å². The van der Waals surface area contributed by atoms with Gasteiger partial charge in [-0.25, -0.2) is 9.78 Å². The van der Waals surface area contributed by atoms with Crippen LogP contribution in [0.1, 0.15) is 53.5 Å². The minimum Gasteiger partial charge on any atom is -0.444 e. The molecule has 0 aliphatic heterocycles. The first-order chi connectivity index (χ1) is 17.7. The Morgan fingerprint density at radius 1 is 1.00 bits per heavy atom. The number of hydrogen-bond donors (Lipinski definition) is 4. The molecule has 5 N–H and O–H groups in total. The van der Waals surface area contributed by atoms with Gasteiger partial charge in [0.25, 0.3) is 5.91 Å². The molecule has 9 nitrogen and oxygen atoms in total. The number of rotatable bonds is 7. The average molecular weight is 531 g/mol. The standard InChI is InChI=1S/C26H29F3N6O3/c1-15-5-8-18(34-23(36)16-6-7-17(11-30)20(9-16)26(27,28)29)10-21(15)32-12-19-13-33-22(14-31-19)35-24(37)38-25(2,3)4/h5-10,13-14,32H,11-12,30H2,1-4H3,(H,34,36)(H,33,35,37). The molecule has 0 aliphatic rings. The summed E-state index contributed by atoms with van der Waals surface area (Å²) in [5.74, 6) is -0.454. The molecule has 2 amide bonds. The zero-order valence-electron chi connectivity index (χ0n) is 21.4. The fourth-order valence-corrected chi connectivity index (χ4v) is 3.36. The summed E-state index contributed by atoms with van der Waals surface area (Å²) in [4.78, 5) is 32.9. The van der Waals surface area contributed by atoms with Gasteiger partial charge in [-0.1, -0.05) is 12.1 Å². The highest BCUT2D eigenvalue weighted by Gasteiger charge is 2.33. The van der Waals surface area contributed by atoms with Gasteiger partial charge in [0.2, 0.25) is 0 Å². The third kappa shape index (κ3) is 7.90. The van der Waals surface area contributed by atoms with Crippen LogP contribution in [0.3, 0.4) is 0 Å². The van der Waals surface area contributed by atoms with Crippen molar-refractivity contribution in [3.05, 3.63) is 76.7 Å². The summed E-state index contributed by atoms with van der Waals surface area (Å²) in [5, 5.41) is 8.32. The highest BCUT2D eigenvalue weighted by Crippen LogP contribution is 2.33. The van der Waals surface area contributed by atoms with Gasteiger partial charge in [-0.15, -0.1) is 0 Å².